The average Bonchev–Trinajstić information content (AvgIpc) is 2.13. The van der Waals surface area contributed by atoms with E-state index in [0.29, 0.717) is 12.2 Å². The second-order valence-corrected chi connectivity index (χ2v) is 3.85. The molecule has 0 amide bonds. The van der Waals surface area contributed by atoms with E-state index in [4.69, 9.17) is 5.84 Å². The molecule has 0 atom stereocenters. The Morgan fingerprint density at radius 2 is 2.36 bits per heavy atom. The van der Waals surface area contributed by atoms with Crippen molar-refractivity contribution in [1.82, 2.24) is 10.4 Å². The van der Waals surface area contributed by atoms with E-state index in [9.17, 15) is 4.39 Å². The number of pyridine rings is 1. The molecule has 1 fully saturated rings. The monoisotopic (exact) mass is 195 g/mol. The van der Waals surface area contributed by atoms with Crippen LogP contribution in [0.25, 0.3) is 0 Å². The maximum absolute atomic E-state index is 13.5. The van der Waals surface area contributed by atoms with E-state index >= 15 is 0 Å². The van der Waals surface area contributed by atoms with Gasteiger partial charge in [-0.1, -0.05) is 6.42 Å². The van der Waals surface area contributed by atoms with Crippen LogP contribution in [0.2, 0.25) is 0 Å². The van der Waals surface area contributed by atoms with Gasteiger partial charge in [0, 0.05) is 18.2 Å². The first kappa shape index (κ1) is 9.55. The van der Waals surface area contributed by atoms with Crippen LogP contribution in [0.15, 0.2) is 18.3 Å². The number of nitrogens with two attached hydrogens (primary N) is 1. The zero-order chi connectivity index (χ0) is 10.0. The largest absolute Gasteiger partial charge is 0.271 e. The highest BCUT2D eigenvalue weighted by atomic mass is 19.1. The topological polar surface area (TPSA) is 50.9 Å². The molecule has 0 radical (unpaired) electrons. The maximum Gasteiger partial charge on any atom is 0.145 e. The third kappa shape index (κ3) is 1.40. The molecule has 1 heterocycles. The van der Waals surface area contributed by atoms with Gasteiger partial charge in [0.05, 0.1) is 5.69 Å². The molecule has 3 nitrogen and oxygen atoms in total. The number of nitrogens with zero attached hydrogens (tertiary/aromatic N) is 1. The van der Waals surface area contributed by atoms with Crippen molar-refractivity contribution in [3.05, 3.63) is 29.8 Å². The number of hydrogen-bond acceptors (Lipinski definition) is 3. The highest BCUT2D eigenvalue weighted by Gasteiger charge is 2.41. The van der Waals surface area contributed by atoms with Gasteiger partial charge in [-0.25, -0.2) is 4.39 Å². The first-order valence-electron chi connectivity index (χ1n) is 4.83. The summed E-state index contributed by atoms with van der Waals surface area (Å²) in [6.45, 7) is 0.598. The molecule has 1 aromatic heterocycles. The molecule has 1 aromatic rings. The summed E-state index contributed by atoms with van der Waals surface area (Å²) in [6.07, 6.45) is 4.68. The van der Waals surface area contributed by atoms with E-state index in [2.05, 4.69) is 10.4 Å². The summed E-state index contributed by atoms with van der Waals surface area (Å²) < 4.78 is 13.5. The minimum Gasteiger partial charge on any atom is -0.271 e. The quantitative estimate of drug-likeness (QED) is 0.561. The van der Waals surface area contributed by atoms with E-state index < -0.39 is 0 Å². The van der Waals surface area contributed by atoms with Crippen molar-refractivity contribution in [3.8, 4) is 0 Å². The van der Waals surface area contributed by atoms with Crippen LogP contribution in [0.1, 0.15) is 25.0 Å². The molecular formula is C10H14FN3. The maximum atomic E-state index is 13.5. The van der Waals surface area contributed by atoms with Crippen LogP contribution in [0.4, 0.5) is 4.39 Å². The number of nitrogens with one attached hydrogen (secondary N) is 1. The Hall–Kier alpha value is -1.00. The van der Waals surface area contributed by atoms with Gasteiger partial charge in [0.1, 0.15) is 5.82 Å². The fourth-order valence-electron chi connectivity index (χ4n) is 2.07. The third-order valence-corrected chi connectivity index (χ3v) is 3.01. The lowest BCUT2D eigenvalue weighted by Gasteiger charge is -2.41. The van der Waals surface area contributed by atoms with Crippen LogP contribution in [-0.2, 0) is 5.41 Å². The summed E-state index contributed by atoms with van der Waals surface area (Å²) in [6, 6.07) is 3.07. The number of rotatable bonds is 3. The number of hydrazine groups is 1. The number of hydrogen-bond donors (Lipinski definition) is 2. The van der Waals surface area contributed by atoms with Gasteiger partial charge in [-0.05, 0) is 25.0 Å². The lowest BCUT2D eigenvalue weighted by molar-refractivity contribution is 0.220. The molecule has 1 saturated carbocycles. The first-order valence-corrected chi connectivity index (χ1v) is 4.83. The van der Waals surface area contributed by atoms with Crippen molar-refractivity contribution in [2.24, 2.45) is 5.84 Å². The van der Waals surface area contributed by atoms with Crippen molar-refractivity contribution >= 4 is 0 Å². The van der Waals surface area contributed by atoms with Gasteiger partial charge in [-0.15, -0.1) is 0 Å². The normalized spacial score (nSPS) is 19.0. The first-order chi connectivity index (χ1) is 6.78. The molecule has 0 bridgehead atoms. The summed E-state index contributed by atoms with van der Waals surface area (Å²) in [5.41, 5.74) is 3.02. The second-order valence-electron chi connectivity index (χ2n) is 3.85. The lowest BCUT2D eigenvalue weighted by Crippen LogP contribution is -2.47. The molecule has 4 heteroatoms. The third-order valence-electron chi connectivity index (χ3n) is 3.01. The number of halogens is 1. The minimum absolute atomic E-state index is 0.167. The van der Waals surface area contributed by atoms with E-state index in [1.165, 1.54) is 6.07 Å². The summed E-state index contributed by atoms with van der Waals surface area (Å²) in [5.74, 6) is 5.09. The molecule has 1 aliphatic rings. The molecule has 1 aliphatic carbocycles. The van der Waals surface area contributed by atoms with Gasteiger partial charge in [0.25, 0.3) is 0 Å². The molecule has 0 saturated heterocycles. The minimum atomic E-state index is -0.220. The predicted octanol–water partition coefficient (Wildman–Crippen LogP) is 1.11. The zero-order valence-electron chi connectivity index (χ0n) is 7.96. The van der Waals surface area contributed by atoms with E-state index in [1.807, 2.05) is 0 Å². The van der Waals surface area contributed by atoms with Crippen LogP contribution in [0, 0.1) is 5.82 Å². The average molecular weight is 195 g/mol. The summed E-state index contributed by atoms with van der Waals surface area (Å²) in [7, 11) is 0. The fourth-order valence-corrected chi connectivity index (χ4v) is 2.07. The van der Waals surface area contributed by atoms with Crippen LogP contribution in [0.5, 0.6) is 0 Å². The van der Waals surface area contributed by atoms with Gasteiger partial charge in [0.15, 0.2) is 0 Å². The Labute approximate surface area is 82.5 Å². The Balaban J connectivity index is 2.32. The molecule has 0 spiro atoms. The standard InChI is InChI=1S/C10H14FN3/c11-8-3-1-6-13-9(8)10(7-14-12)4-2-5-10/h1,3,6,14H,2,4-5,7,12H2. The molecule has 14 heavy (non-hydrogen) atoms. The lowest BCUT2D eigenvalue weighted by atomic mass is 9.66. The van der Waals surface area contributed by atoms with Gasteiger partial charge < -0.3 is 0 Å². The molecule has 76 valence electrons. The van der Waals surface area contributed by atoms with Gasteiger partial charge >= 0.3 is 0 Å². The molecular weight excluding hydrogens is 181 g/mol. The van der Waals surface area contributed by atoms with Crippen molar-refractivity contribution in [3.63, 3.8) is 0 Å². The van der Waals surface area contributed by atoms with Crippen LogP contribution >= 0.6 is 0 Å². The van der Waals surface area contributed by atoms with Gasteiger partial charge in [-0.3, -0.25) is 16.3 Å². The molecule has 3 N–H and O–H groups in total. The zero-order valence-corrected chi connectivity index (χ0v) is 7.96. The highest BCUT2D eigenvalue weighted by Crippen LogP contribution is 2.42. The SMILES string of the molecule is NNCC1(c2ncccc2F)CCC1. The smallest absolute Gasteiger partial charge is 0.145 e. The second kappa shape index (κ2) is 3.63. The van der Waals surface area contributed by atoms with E-state index in [-0.39, 0.29) is 11.2 Å². The fraction of sp³-hybridized carbons (Fsp3) is 0.500. The highest BCUT2D eigenvalue weighted by molar-refractivity contribution is 5.23. The summed E-state index contributed by atoms with van der Waals surface area (Å²) >= 11 is 0. The van der Waals surface area contributed by atoms with Crippen molar-refractivity contribution in [2.75, 3.05) is 6.54 Å². The van der Waals surface area contributed by atoms with Crippen LogP contribution < -0.4 is 11.3 Å². The van der Waals surface area contributed by atoms with Crippen LogP contribution in [-0.4, -0.2) is 11.5 Å². The Morgan fingerprint density at radius 3 is 2.86 bits per heavy atom. The Kier molecular flexibility index (Phi) is 2.48. The predicted molar refractivity (Wildman–Crippen MR) is 51.9 cm³/mol. The molecule has 2 rings (SSSR count). The molecule has 0 aromatic carbocycles. The Bertz CT molecular complexity index is 323. The van der Waals surface area contributed by atoms with Gasteiger partial charge in [-0.2, -0.15) is 0 Å². The van der Waals surface area contributed by atoms with E-state index in [1.54, 1.807) is 12.3 Å². The van der Waals surface area contributed by atoms with Crippen molar-refractivity contribution in [1.29, 1.82) is 0 Å². The summed E-state index contributed by atoms with van der Waals surface area (Å²) in [5, 5.41) is 0. The molecule has 0 unspecified atom stereocenters. The summed E-state index contributed by atoms with van der Waals surface area (Å²) in [4.78, 5) is 4.12. The Morgan fingerprint density at radius 1 is 1.57 bits per heavy atom. The number of aromatic nitrogens is 1. The van der Waals surface area contributed by atoms with Crippen molar-refractivity contribution in [2.45, 2.75) is 24.7 Å². The van der Waals surface area contributed by atoms with Crippen LogP contribution in [0.3, 0.4) is 0 Å². The molecule has 0 aliphatic heterocycles. The van der Waals surface area contributed by atoms with E-state index in [0.717, 1.165) is 19.3 Å². The van der Waals surface area contributed by atoms with Gasteiger partial charge in [0.2, 0.25) is 0 Å². The van der Waals surface area contributed by atoms with Crippen molar-refractivity contribution < 1.29 is 4.39 Å².